The number of hydrogen-bond donors (Lipinski definition) is 2. The Morgan fingerprint density at radius 2 is 1.77 bits per heavy atom. The van der Waals surface area contributed by atoms with Crippen LogP contribution in [0.3, 0.4) is 0 Å². The second-order valence-electron chi connectivity index (χ2n) is 6.42. The van der Waals surface area contributed by atoms with Crippen LogP contribution in [0.25, 0.3) is 16.5 Å². The zero-order chi connectivity index (χ0) is 21.1. The predicted octanol–water partition coefficient (Wildman–Crippen LogP) is 2.99. The number of carbonyl (C=O) groups excluding carboxylic acids is 1. The summed E-state index contributed by atoms with van der Waals surface area (Å²) in [6, 6.07) is 16.7. The van der Waals surface area contributed by atoms with Gasteiger partial charge in [-0.1, -0.05) is 18.2 Å². The Morgan fingerprint density at radius 1 is 1.03 bits per heavy atom. The average Bonchev–Trinajstić information content (AvgIpc) is 2.77. The van der Waals surface area contributed by atoms with E-state index < -0.39 is 5.97 Å². The van der Waals surface area contributed by atoms with Gasteiger partial charge in [0.15, 0.2) is 5.82 Å². The topological polar surface area (TPSA) is 106 Å². The van der Waals surface area contributed by atoms with Gasteiger partial charge in [0.2, 0.25) is 0 Å². The number of hydrogen-bond acceptors (Lipinski definition) is 6. The van der Waals surface area contributed by atoms with E-state index in [0.29, 0.717) is 33.5 Å². The number of nitrogens with one attached hydrogen (secondary N) is 2. The van der Waals surface area contributed by atoms with Gasteiger partial charge in [0.1, 0.15) is 5.69 Å². The van der Waals surface area contributed by atoms with Crippen LogP contribution in [0.15, 0.2) is 76.4 Å². The van der Waals surface area contributed by atoms with Crippen molar-refractivity contribution in [2.75, 3.05) is 11.9 Å². The van der Waals surface area contributed by atoms with Crippen LogP contribution in [-0.2, 0) is 4.74 Å². The molecule has 2 N–H and O–H groups in total. The van der Waals surface area contributed by atoms with E-state index in [2.05, 4.69) is 15.4 Å². The number of benzene rings is 2. The molecule has 4 aromatic rings. The van der Waals surface area contributed by atoms with Crippen LogP contribution in [0.2, 0.25) is 0 Å². The van der Waals surface area contributed by atoms with Crippen molar-refractivity contribution in [1.82, 2.24) is 14.8 Å². The normalized spacial score (nSPS) is 10.7. The van der Waals surface area contributed by atoms with Gasteiger partial charge in [-0.15, -0.1) is 5.10 Å². The third-order valence-electron chi connectivity index (χ3n) is 4.50. The molecule has 2 aromatic heterocycles. The number of aromatic amines is 1. The summed E-state index contributed by atoms with van der Waals surface area (Å²) >= 11 is 0. The average molecular weight is 402 g/mol. The van der Waals surface area contributed by atoms with Crippen molar-refractivity contribution >= 4 is 28.2 Å². The Kier molecular flexibility index (Phi) is 5.13. The molecule has 150 valence electrons. The zero-order valence-electron chi connectivity index (χ0n) is 16.1. The number of esters is 1. The molecule has 30 heavy (non-hydrogen) atoms. The number of fused-ring (bicyclic) bond motifs is 1. The largest absolute Gasteiger partial charge is 0.462 e. The van der Waals surface area contributed by atoms with Gasteiger partial charge >= 0.3 is 5.97 Å². The first-order chi connectivity index (χ1) is 14.6. The number of H-pyrrole nitrogens is 1. The fourth-order valence-electron chi connectivity index (χ4n) is 3.06. The Balaban J connectivity index is 1.84. The van der Waals surface area contributed by atoms with Crippen LogP contribution in [-0.4, -0.2) is 27.3 Å². The van der Waals surface area contributed by atoms with E-state index in [1.165, 1.54) is 10.9 Å². The van der Waals surface area contributed by atoms with Gasteiger partial charge in [-0.3, -0.25) is 9.59 Å². The van der Waals surface area contributed by atoms with E-state index in [1.54, 1.807) is 67.6 Å². The molecule has 0 aliphatic carbocycles. The molecule has 4 rings (SSSR count). The van der Waals surface area contributed by atoms with E-state index in [9.17, 15) is 14.4 Å². The monoisotopic (exact) mass is 402 g/mol. The number of rotatable bonds is 5. The molecular weight excluding hydrogens is 384 g/mol. The predicted molar refractivity (Wildman–Crippen MR) is 114 cm³/mol. The second kappa shape index (κ2) is 8.04. The summed E-state index contributed by atoms with van der Waals surface area (Å²) in [7, 11) is 0. The number of ether oxygens (including phenoxy) is 1. The summed E-state index contributed by atoms with van der Waals surface area (Å²) in [6.07, 6.45) is 1.53. The van der Waals surface area contributed by atoms with Gasteiger partial charge in [0.05, 0.1) is 23.2 Å². The van der Waals surface area contributed by atoms with Crippen LogP contribution in [0.1, 0.15) is 17.3 Å². The molecule has 0 spiro atoms. The van der Waals surface area contributed by atoms with E-state index in [4.69, 9.17) is 4.74 Å². The summed E-state index contributed by atoms with van der Waals surface area (Å²) in [5, 5.41) is 8.48. The van der Waals surface area contributed by atoms with Crippen LogP contribution in [0.5, 0.6) is 0 Å². The van der Waals surface area contributed by atoms with Gasteiger partial charge in [0.25, 0.3) is 11.1 Å². The summed E-state index contributed by atoms with van der Waals surface area (Å²) in [5.41, 5.74) is 0.535. The van der Waals surface area contributed by atoms with Crippen LogP contribution >= 0.6 is 0 Å². The lowest BCUT2D eigenvalue weighted by molar-refractivity contribution is 0.0526. The van der Waals surface area contributed by atoms with Gasteiger partial charge < -0.3 is 15.0 Å². The Hall–Kier alpha value is -4.20. The first-order valence-corrected chi connectivity index (χ1v) is 9.33. The highest BCUT2D eigenvalue weighted by atomic mass is 16.5. The van der Waals surface area contributed by atoms with Crippen molar-refractivity contribution in [1.29, 1.82) is 0 Å². The van der Waals surface area contributed by atoms with Crippen molar-refractivity contribution in [3.8, 4) is 5.69 Å². The fraction of sp³-hybridized carbons (Fsp3) is 0.0909. The molecule has 0 aliphatic heterocycles. The lowest BCUT2D eigenvalue weighted by Gasteiger charge is -2.12. The zero-order valence-corrected chi connectivity index (χ0v) is 16.1. The highest BCUT2D eigenvalue weighted by Crippen LogP contribution is 2.21. The molecule has 8 heteroatoms. The van der Waals surface area contributed by atoms with Gasteiger partial charge in [-0.2, -0.15) is 4.68 Å². The van der Waals surface area contributed by atoms with E-state index in [-0.39, 0.29) is 17.7 Å². The summed E-state index contributed by atoms with van der Waals surface area (Å²) in [4.78, 5) is 39.6. The minimum Gasteiger partial charge on any atom is -0.462 e. The molecule has 0 unspecified atom stereocenters. The lowest BCUT2D eigenvalue weighted by Crippen LogP contribution is -2.23. The van der Waals surface area contributed by atoms with Crippen LogP contribution in [0.4, 0.5) is 11.5 Å². The van der Waals surface area contributed by atoms with Gasteiger partial charge in [0, 0.05) is 11.6 Å². The minimum atomic E-state index is -0.437. The van der Waals surface area contributed by atoms with Crippen molar-refractivity contribution in [3.63, 3.8) is 0 Å². The molecule has 0 saturated heterocycles. The van der Waals surface area contributed by atoms with Crippen molar-refractivity contribution in [2.24, 2.45) is 0 Å². The summed E-state index contributed by atoms with van der Waals surface area (Å²) < 4.78 is 6.22. The second-order valence-corrected chi connectivity index (χ2v) is 6.42. The minimum absolute atomic E-state index is 0.278. The van der Waals surface area contributed by atoms with Gasteiger partial charge in [-0.05, 0) is 49.4 Å². The number of aromatic nitrogens is 3. The molecule has 8 nitrogen and oxygen atoms in total. The van der Waals surface area contributed by atoms with E-state index >= 15 is 0 Å². The van der Waals surface area contributed by atoms with Crippen LogP contribution in [0, 0.1) is 0 Å². The van der Waals surface area contributed by atoms with Crippen molar-refractivity contribution < 1.29 is 9.53 Å². The Labute approximate surface area is 170 Å². The van der Waals surface area contributed by atoms with E-state index in [0.717, 1.165) is 0 Å². The first-order valence-electron chi connectivity index (χ1n) is 9.33. The van der Waals surface area contributed by atoms with E-state index in [1.807, 2.05) is 0 Å². The number of pyridine rings is 1. The molecule has 0 radical (unpaired) electrons. The molecule has 0 saturated carbocycles. The molecule has 0 bridgehead atoms. The maximum atomic E-state index is 13.0. The first kappa shape index (κ1) is 19.1. The maximum absolute atomic E-state index is 13.0. The number of anilines is 2. The smallest absolute Gasteiger partial charge is 0.338 e. The number of nitrogens with zero attached hydrogens (tertiary/aromatic N) is 2. The standard InChI is InChI=1S/C22H18N4O4/c1-2-30-22(29)14-9-11-15(12-10-14)26-21(28)17-7-4-3-6-16(17)19(25-26)24-18-8-5-13-23-20(18)27/h3-13H,2H2,1H3,(H,23,27)(H,24,25). The van der Waals surface area contributed by atoms with Crippen molar-refractivity contribution in [2.45, 2.75) is 6.92 Å². The third kappa shape index (κ3) is 3.58. The highest BCUT2D eigenvalue weighted by Gasteiger charge is 2.14. The molecule has 0 amide bonds. The fourth-order valence-corrected chi connectivity index (χ4v) is 3.06. The Morgan fingerprint density at radius 3 is 2.47 bits per heavy atom. The van der Waals surface area contributed by atoms with Gasteiger partial charge in [-0.25, -0.2) is 4.79 Å². The number of carbonyl (C=O) groups is 1. The molecular formula is C22H18N4O4. The molecule has 2 heterocycles. The molecule has 0 aliphatic rings. The lowest BCUT2D eigenvalue weighted by atomic mass is 10.1. The maximum Gasteiger partial charge on any atom is 0.338 e. The third-order valence-corrected chi connectivity index (χ3v) is 4.50. The SMILES string of the molecule is CCOC(=O)c1ccc(-n2nc(Nc3ccc[nH]c3=O)c3ccccc3c2=O)cc1. The Bertz CT molecular complexity index is 1340. The summed E-state index contributed by atoms with van der Waals surface area (Å²) in [6.45, 7) is 2.01. The van der Waals surface area contributed by atoms with Crippen LogP contribution < -0.4 is 16.4 Å². The molecule has 0 fully saturated rings. The quantitative estimate of drug-likeness (QED) is 0.497. The summed E-state index contributed by atoms with van der Waals surface area (Å²) in [5.74, 6) is -0.0788. The van der Waals surface area contributed by atoms with Crippen molar-refractivity contribution in [3.05, 3.63) is 93.1 Å². The molecule has 0 atom stereocenters. The highest BCUT2D eigenvalue weighted by molar-refractivity contribution is 5.93. The molecule has 2 aromatic carbocycles.